The molecule has 0 spiro atoms. The first-order chi connectivity index (χ1) is 7.61. The van der Waals surface area contributed by atoms with Gasteiger partial charge in [0.15, 0.2) is 0 Å². The zero-order valence-corrected chi connectivity index (χ0v) is 9.40. The number of hydrogen-bond acceptors (Lipinski definition) is 1. The molecule has 3 heteroatoms. The minimum atomic E-state index is -0.390. The Morgan fingerprint density at radius 2 is 1.94 bits per heavy atom. The SMILES string of the molecule is Cc1ccccc1-c1c(C(N)=O)ccn1C. The van der Waals surface area contributed by atoms with Crippen molar-refractivity contribution in [1.29, 1.82) is 0 Å². The number of hydrogen-bond donors (Lipinski definition) is 1. The maximum atomic E-state index is 11.3. The van der Waals surface area contributed by atoms with Gasteiger partial charge in [0.2, 0.25) is 0 Å². The van der Waals surface area contributed by atoms with E-state index in [9.17, 15) is 4.79 Å². The molecule has 1 aromatic heterocycles. The van der Waals surface area contributed by atoms with Gasteiger partial charge in [-0.1, -0.05) is 24.3 Å². The standard InChI is InChI=1S/C13H14N2O/c1-9-5-3-4-6-10(9)12-11(13(14)16)7-8-15(12)2/h3-8H,1-2H3,(H2,14,16). The van der Waals surface area contributed by atoms with Crippen molar-refractivity contribution < 1.29 is 4.79 Å². The number of amides is 1. The molecule has 0 unspecified atom stereocenters. The number of carbonyl (C=O) groups excluding carboxylic acids is 1. The van der Waals surface area contributed by atoms with Crippen LogP contribution in [0.1, 0.15) is 15.9 Å². The van der Waals surface area contributed by atoms with Crippen LogP contribution >= 0.6 is 0 Å². The average molecular weight is 214 g/mol. The van der Waals surface area contributed by atoms with Crippen molar-refractivity contribution in [1.82, 2.24) is 4.57 Å². The summed E-state index contributed by atoms with van der Waals surface area (Å²) in [6.45, 7) is 2.02. The van der Waals surface area contributed by atoms with E-state index in [1.165, 1.54) is 0 Å². The molecule has 0 bridgehead atoms. The van der Waals surface area contributed by atoms with E-state index in [1.54, 1.807) is 6.07 Å². The fourth-order valence-corrected chi connectivity index (χ4v) is 1.90. The molecule has 0 radical (unpaired) electrons. The first-order valence-corrected chi connectivity index (χ1v) is 5.12. The van der Waals surface area contributed by atoms with Crippen molar-refractivity contribution in [3.8, 4) is 11.3 Å². The molecule has 1 amide bonds. The summed E-state index contributed by atoms with van der Waals surface area (Å²) in [5.74, 6) is -0.390. The second kappa shape index (κ2) is 3.85. The Bertz CT molecular complexity index is 541. The first-order valence-electron chi connectivity index (χ1n) is 5.12. The van der Waals surface area contributed by atoms with Crippen LogP contribution in [0.25, 0.3) is 11.3 Å². The van der Waals surface area contributed by atoms with Crippen LogP contribution in [0.4, 0.5) is 0 Å². The van der Waals surface area contributed by atoms with Gasteiger partial charge in [-0.2, -0.15) is 0 Å². The van der Waals surface area contributed by atoms with Gasteiger partial charge in [0.1, 0.15) is 0 Å². The lowest BCUT2D eigenvalue weighted by Crippen LogP contribution is -2.12. The highest BCUT2D eigenvalue weighted by atomic mass is 16.1. The minimum Gasteiger partial charge on any atom is -0.366 e. The number of primary amides is 1. The predicted octanol–water partition coefficient (Wildman–Crippen LogP) is 2.10. The summed E-state index contributed by atoms with van der Waals surface area (Å²) in [6.07, 6.45) is 1.85. The van der Waals surface area contributed by atoms with Gasteiger partial charge in [-0.25, -0.2) is 0 Å². The third kappa shape index (κ3) is 1.60. The van der Waals surface area contributed by atoms with E-state index < -0.39 is 0 Å². The molecule has 0 aliphatic carbocycles. The molecule has 16 heavy (non-hydrogen) atoms. The van der Waals surface area contributed by atoms with Gasteiger partial charge in [-0.3, -0.25) is 4.79 Å². The van der Waals surface area contributed by atoms with E-state index in [2.05, 4.69) is 0 Å². The molecule has 2 rings (SSSR count). The molecule has 82 valence electrons. The number of nitrogens with two attached hydrogens (primary N) is 1. The molecule has 1 heterocycles. The third-order valence-corrected chi connectivity index (χ3v) is 2.74. The molecule has 2 aromatic rings. The van der Waals surface area contributed by atoms with E-state index in [4.69, 9.17) is 5.73 Å². The Balaban J connectivity index is 2.68. The Labute approximate surface area is 94.5 Å². The Kier molecular flexibility index (Phi) is 2.52. The smallest absolute Gasteiger partial charge is 0.250 e. The summed E-state index contributed by atoms with van der Waals surface area (Å²) in [7, 11) is 1.91. The number of rotatable bonds is 2. The number of benzene rings is 1. The minimum absolute atomic E-state index is 0.390. The molecule has 0 aliphatic heterocycles. The Morgan fingerprint density at radius 1 is 1.25 bits per heavy atom. The Hall–Kier alpha value is -2.03. The maximum absolute atomic E-state index is 11.3. The van der Waals surface area contributed by atoms with Crippen LogP contribution in [0, 0.1) is 6.92 Å². The number of aromatic nitrogens is 1. The van der Waals surface area contributed by atoms with Crippen LogP contribution in [0.15, 0.2) is 36.5 Å². The fraction of sp³-hybridized carbons (Fsp3) is 0.154. The van der Waals surface area contributed by atoms with E-state index in [-0.39, 0.29) is 5.91 Å². The van der Waals surface area contributed by atoms with Gasteiger partial charge >= 0.3 is 0 Å². The van der Waals surface area contributed by atoms with Crippen LogP contribution in [0.5, 0.6) is 0 Å². The van der Waals surface area contributed by atoms with Gasteiger partial charge in [-0.15, -0.1) is 0 Å². The largest absolute Gasteiger partial charge is 0.366 e. The number of carbonyl (C=O) groups is 1. The lowest BCUT2D eigenvalue weighted by atomic mass is 10.0. The zero-order chi connectivity index (χ0) is 11.7. The summed E-state index contributed by atoms with van der Waals surface area (Å²) in [5, 5.41) is 0. The van der Waals surface area contributed by atoms with Crippen molar-refractivity contribution in [2.24, 2.45) is 12.8 Å². The van der Waals surface area contributed by atoms with Crippen LogP contribution in [0.3, 0.4) is 0 Å². The predicted molar refractivity (Wildman–Crippen MR) is 64.1 cm³/mol. The molecule has 0 aliphatic rings. The van der Waals surface area contributed by atoms with Crippen molar-refractivity contribution in [2.75, 3.05) is 0 Å². The quantitative estimate of drug-likeness (QED) is 0.817. The highest BCUT2D eigenvalue weighted by Crippen LogP contribution is 2.26. The van der Waals surface area contributed by atoms with Crippen molar-refractivity contribution in [2.45, 2.75) is 6.92 Å². The molecular formula is C13H14N2O. The monoisotopic (exact) mass is 214 g/mol. The van der Waals surface area contributed by atoms with Crippen LogP contribution in [0.2, 0.25) is 0 Å². The van der Waals surface area contributed by atoms with Gasteiger partial charge in [0, 0.05) is 18.8 Å². The van der Waals surface area contributed by atoms with E-state index in [0.717, 1.165) is 16.8 Å². The summed E-state index contributed by atoms with van der Waals surface area (Å²) >= 11 is 0. The molecular weight excluding hydrogens is 200 g/mol. The summed E-state index contributed by atoms with van der Waals surface area (Å²) in [5.41, 5.74) is 8.99. The molecule has 3 nitrogen and oxygen atoms in total. The second-order valence-corrected chi connectivity index (χ2v) is 3.87. The van der Waals surface area contributed by atoms with Gasteiger partial charge in [-0.05, 0) is 18.6 Å². The summed E-state index contributed by atoms with van der Waals surface area (Å²) in [4.78, 5) is 11.3. The lowest BCUT2D eigenvalue weighted by molar-refractivity contribution is 0.100. The second-order valence-electron chi connectivity index (χ2n) is 3.87. The van der Waals surface area contributed by atoms with Crippen LogP contribution < -0.4 is 5.73 Å². The summed E-state index contributed by atoms with van der Waals surface area (Å²) in [6, 6.07) is 9.71. The van der Waals surface area contributed by atoms with Crippen LogP contribution in [-0.2, 0) is 7.05 Å². The molecule has 0 saturated heterocycles. The van der Waals surface area contributed by atoms with Crippen molar-refractivity contribution in [3.63, 3.8) is 0 Å². The topological polar surface area (TPSA) is 48.0 Å². The molecule has 0 saturated carbocycles. The lowest BCUT2D eigenvalue weighted by Gasteiger charge is -2.09. The highest BCUT2D eigenvalue weighted by molar-refractivity contribution is 5.99. The molecule has 1 aromatic carbocycles. The third-order valence-electron chi connectivity index (χ3n) is 2.74. The van der Waals surface area contributed by atoms with E-state index in [0.29, 0.717) is 5.56 Å². The number of nitrogens with zero attached hydrogens (tertiary/aromatic N) is 1. The van der Waals surface area contributed by atoms with Crippen LogP contribution in [-0.4, -0.2) is 10.5 Å². The normalized spacial score (nSPS) is 10.4. The van der Waals surface area contributed by atoms with Gasteiger partial charge in [0.05, 0.1) is 11.3 Å². The maximum Gasteiger partial charge on any atom is 0.250 e. The van der Waals surface area contributed by atoms with Crippen molar-refractivity contribution >= 4 is 5.91 Å². The van der Waals surface area contributed by atoms with Gasteiger partial charge < -0.3 is 10.3 Å². The van der Waals surface area contributed by atoms with Gasteiger partial charge in [0.25, 0.3) is 5.91 Å². The fourth-order valence-electron chi connectivity index (χ4n) is 1.90. The first kappa shape index (κ1) is 10.5. The molecule has 0 fully saturated rings. The molecule has 0 atom stereocenters. The van der Waals surface area contributed by atoms with E-state index in [1.807, 2.05) is 49.0 Å². The molecule has 2 N–H and O–H groups in total. The zero-order valence-electron chi connectivity index (χ0n) is 9.40. The Morgan fingerprint density at radius 3 is 2.56 bits per heavy atom. The average Bonchev–Trinajstić information content (AvgIpc) is 2.61. The van der Waals surface area contributed by atoms with E-state index >= 15 is 0 Å². The summed E-state index contributed by atoms with van der Waals surface area (Å²) < 4.78 is 1.92. The number of aryl methyl sites for hydroxylation is 2. The highest BCUT2D eigenvalue weighted by Gasteiger charge is 2.14. The van der Waals surface area contributed by atoms with Crippen molar-refractivity contribution in [3.05, 3.63) is 47.7 Å².